The van der Waals surface area contributed by atoms with Gasteiger partial charge in [0, 0.05) is 29.1 Å². The van der Waals surface area contributed by atoms with Gasteiger partial charge in [0.05, 0.1) is 7.11 Å². The molecule has 0 saturated heterocycles. The second-order valence-electron chi connectivity index (χ2n) is 8.30. The second-order valence-corrected chi connectivity index (χ2v) is 8.30. The molecule has 7 nitrogen and oxygen atoms in total. The number of anilines is 2. The van der Waals surface area contributed by atoms with E-state index in [1.54, 1.807) is 6.92 Å². The van der Waals surface area contributed by atoms with E-state index in [0.717, 1.165) is 22.5 Å². The number of phenols is 1. The fourth-order valence-electron chi connectivity index (χ4n) is 3.48. The van der Waals surface area contributed by atoms with Crippen molar-refractivity contribution in [3.63, 3.8) is 0 Å². The van der Waals surface area contributed by atoms with Crippen molar-refractivity contribution in [1.82, 2.24) is 0 Å². The van der Waals surface area contributed by atoms with Gasteiger partial charge in [-0.15, -0.1) is 0 Å². The second kappa shape index (κ2) is 12.3. The number of amides is 2. The number of benzene rings is 3. The summed E-state index contributed by atoms with van der Waals surface area (Å²) in [7, 11) is 1.53. The monoisotopic (exact) mass is 486 g/mol. The van der Waals surface area contributed by atoms with Crippen LogP contribution in [-0.2, 0) is 6.42 Å². The summed E-state index contributed by atoms with van der Waals surface area (Å²) in [5, 5.41) is 15.7. The van der Waals surface area contributed by atoms with Crippen molar-refractivity contribution in [3.8, 4) is 11.5 Å². The van der Waals surface area contributed by atoms with Crippen LogP contribution >= 0.6 is 0 Å². The van der Waals surface area contributed by atoms with E-state index in [2.05, 4.69) is 10.6 Å². The molecule has 0 saturated carbocycles. The highest BCUT2D eigenvalue weighted by Gasteiger charge is 2.17. The Morgan fingerprint density at radius 2 is 1.53 bits per heavy atom. The molecule has 0 fully saturated rings. The number of nitrogens with one attached hydrogen (secondary N) is 2. The minimum atomic E-state index is -0.248. The molecule has 0 spiro atoms. The number of aryl methyl sites for hydroxylation is 1. The molecule has 0 atom stereocenters. The molecule has 0 radical (unpaired) electrons. The van der Waals surface area contributed by atoms with Gasteiger partial charge in [0.25, 0.3) is 0 Å². The number of allylic oxidation sites excluding steroid dienone is 2. The lowest BCUT2D eigenvalue weighted by atomic mass is 10.0. The number of phenolic OH excluding ortho intramolecular Hbond substituents is 1. The van der Waals surface area contributed by atoms with Gasteiger partial charge in [-0.05, 0) is 51.5 Å². The summed E-state index contributed by atoms with van der Waals surface area (Å²) in [5.41, 5.74) is 3.61. The normalized spacial score (nSPS) is 10.1. The molecule has 0 aliphatic heterocycles. The third-order valence-electron chi connectivity index (χ3n) is 5.16. The first kappa shape index (κ1) is 26.1. The predicted octanol–water partition coefficient (Wildman–Crippen LogP) is 6.65. The third-order valence-corrected chi connectivity index (χ3v) is 5.16. The van der Waals surface area contributed by atoms with Crippen LogP contribution in [0.5, 0.6) is 11.5 Å². The van der Waals surface area contributed by atoms with Crippen molar-refractivity contribution in [1.29, 1.82) is 0 Å². The van der Waals surface area contributed by atoms with Gasteiger partial charge in [-0.1, -0.05) is 48.0 Å². The number of aromatic hydroxyl groups is 1. The van der Waals surface area contributed by atoms with Gasteiger partial charge < -0.3 is 24.9 Å². The predicted molar refractivity (Wildman–Crippen MR) is 144 cm³/mol. The summed E-state index contributed by atoms with van der Waals surface area (Å²) in [4.78, 5) is 23.6. The fourth-order valence-corrected chi connectivity index (χ4v) is 3.48. The molecule has 3 N–H and O–H groups in total. The maximum Gasteiger partial charge on any atom is 0.323 e. The molecular weight excluding hydrogens is 456 g/mol. The van der Waals surface area contributed by atoms with Crippen molar-refractivity contribution in [2.24, 2.45) is 0 Å². The maximum atomic E-state index is 12.0. The van der Waals surface area contributed by atoms with Crippen LogP contribution in [0.25, 0.3) is 11.0 Å². The average molecular weight is 487 g/mol. The van der Waals surface area contributed by atoms with Crippen LogP contribution < -0.4 is 20.8 Å². The Hall–Kier alpha value is -4.52. The summed E-state index contributed by atoms with van der Waals surface area (Å²) in [6, 6.07) is 21.2. The van der Waals surface area contributed by atoms with Gasteiger partial charge in [-0.2, -0.15) is 0 Å². The van der Waals surface area contributed by atoms with Gasteiger partial charge in [0.15, 0.2) is 5.43 Å². The number of ether oxygens (including phenoxy) is 1. The van der Waals surface area contributed by atoms with Crippen LogP contribution in [0.1, 0.15) is 25.2 Å². The first-order valence-corrected chi connectivity index (χ1v) is 11.4. The molecule has 0 aliphatic rings. The van der Waals surface area contributed by atoms with Crippen molar-refractivity contribution in [3.05, 3.63) is 106 Å². The number of hydrogen-bond acceptors (Lipinski definition) is 5. The van der Waals surface area contributed by atoms with E-state index >= 15 is 0 Å². The van der Waals surface area contributed by atoms with Crippen molar-refractivity contribution < 1.29 is 19.1 Å². The smallest absolute Gasteiger partial charge is 0.323 e. The van der Waals surface area contributed by atoms with Gasteiger partial charge >= 0.3 is 6.03 Å². The van der Waals surface area contributed by atoms with Gasteiger partial charge in [0.2, 0.25) is 0 Å². The Morgan fingerprint density at radius 1 is 0.972 bits per heavy atom. The van der Waals surface area contributed by atoms with Crippen molar-refractivity contribution in [2.45, 2.75) is 27.2 Å². The van der Waals surface area contributed by atoms with Gasteiger partial charge in [0.1, 0.15) is 28.2 Å². The fraction of sp³-hybridized carbons (Fsp3) is 0.172. The number of methoxy groups -OCH3 is 1. The SMILES string of the molecule is COc1cc(O)c2c(=O)cc(C)oc2c1CC=C(C)C.O=C(Nc1ccccc1)Nc1ccccc1. The van der Waals surface area contributed by atoms with Crippen LogP contribution in [0.3, 0.4) is 0 Å². The lowest BCUT2D eigenvalue weighted by Gasteiger charge is -2.11. The van der Waals surface area contributed by atoms with Gasteiger partial charge in [-0.3, -0.25) is 4.79 Å². The zero-order valence-corrected chi connectivity index (χ0v) is 20.8. The van der Waals surface area contributed by atoms with E-state index in [9.17, 15) is 14.7 Å². The van der Waals surface area contributed by atoms with E-state index in [-0.39, 0.29) is 22.6 Å². The lowest BCUT2D eigenvalue weighted by molar-refractivity contribution is 0.262. The lowest BCUT2D eigenvalue weighted by Crippen LogP contribution is -2.19. The standard InChI is InChI=1S/C16H18O4.C13H12N2O/c1-9(2)5-6-11-14(19-4)8-13(18)15-12(17)7-10(3)20-16(11)15;16-13(14-11-7-3-1-4-8-11)15-12-9-5-2-6-10-12/h5,7-8,18H,6H2,1-4H3;1-10H,(H2,14,15,16). The zero-order chi connectivity index (χ0) is 26.1. The number of carbonyl (C=O) groups is 1. The van der Waals surface area contributed by atoms with Crippen molar-refractivity contribution >= 4 is 28.4 Å². The highest BCUT2D eigenvalue weighted by atomic mass is 16.5. The molecule has 1 aromatic heterocycles. The van der Waals surface area contributed by atoms with E-state index in [1.807, 2.05) is 80.6 Å². The van der Waals surface area contributed by atoms with Crippen LogP contribution in [0, 0.1) is 6.92 Å². The Balaban J connectivity index is 0.000000205. The molecule has 186 valence electrons. The van der Waals surface area contributed by atoms with Crippen LogP contribution in [0.15, 0.2) is 93.7 Å². The number of carbonyl (C=O) groups excluding carboxylic acids is 1. The molecular formula is C29H30N2O5. The summed E-state index contributed by atoms with van der Waals surface area (Å²) in [5.74, 6) is 0.904. The van der Waals surface area contributed by atoms with E-state index in [0.29, 0.717) is 23.5 Å². The third kappa shape index (κ3) is 6.99. The molecule has 36 heavy (non-hydrogen) atoms. The number of fused-ring (bicyclic) bond motifs is 1. The van der Waals surface area contributed by atoms with Crippen LogP contribution in [-0.4, -0.2) is 18.2 Å². The minimum absolute atomic E-state index is 0.119. The summed E-state index contributed by atoms with van der Waals surface area (Å²) >= 11 is 0. The molecule has 2 amide bonds. The zero-order valence-electron chi connectivity index (χ0n) is 20.8. The Bertz CT molecular complexity index is 1360. The summed E-state index contributed by atoms with van der Waals surface area (Å²) in [6.45, 7) is 5.70. The quantitative estimate of drug-likeness (QED) is 0.274. The van der Waals surface area contributed by atoms with Gasteiger partial charge in [-0.25, -0.2) is 4.79 Å². The highest BCUT2D eigenvalue weighted by molar-refractivity contribution is 5.99. The van der Waals surface area contributed by atoms with Crippen molar-refractivity contribution in [2.75, 3.05) is 17.7 Å². The number of hydrogen-bond donors (Lipinski definition) is 3. The number of rotatable bonds is 5. The topological polar surface area (TPSA) is 101 Å². The number of urea groups is 1. The summed E-state index contributed by atoms with van der Waals surface area (Å²) < 4.78 is 11.0. The molecule has 0 unspecified atom stereocenters. The van der Waals surface area contributed by atoms with E-state index in [1.165, 1.54) is 19.2 Å². The molecule has 0 aliphatic carbocycles. The molecule has 7 heteroatoms. The van der Waals surface area contributed by atoms with E-state index < -0.39 is 0 Å². The Labute approximate surface area is 210 Å². The molecule has 4 rings (SSSR count). The molecule has 1 heterocycles. The Kier molecular flexibility index (Phi) is 8.89. The molecule has 4 aromatic rings. The number of para-hydroxylation sites is 2. The molecule has 0 bridgehead atoms. The maximum absolute atomic E-state index is 12.0. The highest BCUT2D eigenvalue weighted by Crippen LogP contribution is 2.34. The first-order valence-electron chi connectivity index (χ1n) is 11.4. The summed E-state index contributed by atoms with van der Waals surface area (Å²) in [6.07, 6.45) is 2.60. The van der Waals surface area contributed by atoms with E-state index in [4.69, 9.17) is 9.15 Å². The minimum Gasteiger partial charge on any atom is -0.507 e. The van der Waals surface area contributed by atoms with Crippen LogP contribution in [0.4, 0.5) is 16.2 Å². The first-order chi connectivity index (χ1) is 17.3. The van der Waals surface area contributed by atoms with Crippen LogP contribution in [0.2, 0.25) is 0 Å². The largest absolute Gasteiger partial charge is 0.507 e. The Morgan fingerprint density at radius 3 is 2.03 bits per heavy atom. The average Bonchev–Trinajstić information content (AvgIpc) is 2.84. The molecule has 3 aromatic carbocycles.